The molecule has 0 spiro atoms. The van der Waals surface area contributed by atoms with Gasteiger partial charge in [-0.3, -0.25) is 0 Å². The van der Waals surface area contributed by atoms with Gasteiger partial charge in [-0.1, -0.05) is 43.7 Å². The Labute approximate surface area is 181 Å². The monoisotopic (exact) mass is 407 g/mol. The van der Waals surface area contributed by atoms with Crippen LogP contribution in [-0.2, 0) is 21.3 Å². The molecule has 0 aliphatic carbocycles. The summed E-state index contributed by atoms with van der Waals surface area (Å²) in [6.45, 7) is 17.1. The van der Waals surface area contributed by atoms with Crippen LogP contribution >= 0.6 is 0 Å². The Hall–Kier alpha value is -1.98. The SMILES string of the molecule is COc1ccc(CN2CC(C)(C)c3cc(C)cc(B4OC(C)(C)C(C)(C)O4)c32)cc1. The van der Waals surface area contributed by atoms with E-state index in [1.54, 1.807) is 7.11 Å². The molecule has 0 radical (unpaired) electrons. The van der Waals surface area contributed by atoms with Crippen LogP contribution in [0, 0.1) is 6.92 Å². The molecule has 0 aromatic heterocycles. The summed E-state index contributed by atoms with van der Waals surface area (Å²) in [6, 6.07) is 12.9. The molecular formula is C25H34BNO3. The van der Waals surface area contributed by atoms with Crippen molar-refractivity contribution >= 4 is 18.3 Å². The number of fused-ring (bicyclic) bond motifs is 1. The first-order valence-electron chi connectivity index (χ1n) is 10.8. The van der Waals surface area contributed by atoms with Gasteiger partial charge in [-0.15, -0.1) is 0 Å². The summed E-state index contributed by atoms with van der Waals surface area (Å²) in [4.78, 5) is 2.48. The lowest BCUT2D eigenvalue weighted by Gasteiger charge is -2.32. The summed E-state index contributed by atoms with van der Waals surface area (Å²) in [5, 5.41) is 0. The lowest BCUT2D eigenvalue weighted by Crippen LogP contribution is -2.41. The molecule has 1 fully saturated rings. The highest BCUT2D eigenvalue weighted by molar-refractivity contribution is 6.64. The topological polar surface area (TPSA) is 30.9 Å². The number of hydrogen-bond donors (Lipinski definition) is 0. The van der Waals surface area contributed by atoms with Crippen LogP contribution in [0.15, 0.2) is 36.4 Å². The number of anilines is 1. The van der Waals surface area contributed by atoms with Gasteiger partial charge in [0, 0.05) is 29.7 Å². The van der Waals surface area contributed by atoms with Crippen molar-refractivity contribution < 1.29 is 14.0 Å². The van der Waals surface area contributed by atoms with Gasteiger partial charge in [0.05, 0.1) is 18.3 Å². The van der Waals surface area contributed by atoms with Gasteiger partial charge < -0.3 is 18.9 Å². The van der Waals surface area contributed by atoms with E-state index in [1.165, 1.54) is 22.4 Å². The molecule has 0 bridgehead atoms. The van der Waals surface area contributed by atoms with E-state index in [4.69, 9.17) is 14.0 Å². The fourth-order valence-electron chi connectivity index (χ4n) is 4.55. The second-order valence-corrected chi connectivity index (χ2v) is 10.4. The summed E-state index contributed by atoms with van der Waals surface area (Å²) < 4.78 is 18.2. The highest BCUT2D eigenvalue weighted by Gasteiger charge is 2.53. The highest BCUT2D eigenvalue weighted by Crippen LogP contribution is 2.43. The van der Waals surface area contributed by atoms with Crippen molar-refractivity contribution in [2.24, 2.45) is 0 Å². The van der Waals surface area contributed by atoms with Gasteiger partial charge in [0.25, 0.3) is 0 Å². The standard InChI is InChI=1S/C25H34BNO3/c1-17-13-20-22(21(14-17)26-29-24(4,5)25(6,7)30-26)27(16-23(20,2)3)15-18-9-11-19(28-8)12-10-18/h9-14H,15-16H2,1-8H3. The minimum absolute atomic E-state index is 0.0617. The van der Waals surface area contributed by atoms with E-state index in [-0.39, 0.29) is 23.7 Å². The van der Waals surface area contributed by atoms with Gasteiger partial charge in [0.2, 0.25) is 0 Å². The summed E-state index contributed by atoms with van der Waals surface area (Å²) in [6.07, 6.45) is 0. The molecule has 30 heavy (non-hydrogen) atoms. The van der Waals surface area contributed by atoms with Gasteiger partial charge in [-0.2, -0.15) is 0 Å². The van der Waals surface area contributed by atoms with Crippen molar-refractivity contribution in [2.75, 3.05) is 18.6 Å². The van der Waals surface area contributed by atoms with Crippen molar-refractivity contribution in [3.8, 4) is 5.75 Å². The number of hydrogen-bond acceptors (Lipinski definition) is 4. The molecular weight excluding hydrogens is 373 g/mol. The Bertz CT molecular complexity index is 934. The summed E-state index contributed by atoms with van der Waals surface area (Å²) >= 11 is 0. The van der Waals surface area contributed by atoms with Gasteiger partial charge in [0.1, 0.15) is 5.75 Å². The predicted octanol–water partition coefficient (Wildman–Crippen LogP) is 4.60. The van der Waals surface area contributed by atoms with Crippen LogP contribution in [0.5, 0.6) is 5.75 Å². The molecule has 5 heteroatoms. The molecule has 2 aliphatic rings. The number of benzene rings is 2. The molecule has 160 valence electrons. The first-order valence-corrected chi connectivity index (χ1v) is 10.8. The third-order valence-electron chi connectivity index (χ3n) is 6.95. The summed E-state index contributed by atoms with van der Waals surface area (Å²) in [7, 11) is 1.34. The quantitative estimate of drug-likeness (QED) is 0.694. The van der Waals surface area contributed by atoms with Gasteiger partial charge in [-0.25, -0.2) is 0 Å². The average Bonchev–Trinajstić information content (AvgIpc) is 3.03. The number of ether oxygens (including phenoxy) is 1. The van der Waals surface area contributed by atoms with Crippen LogP contribution < -0.4 is 15.1 Å². The zero-order chi connectivity index (χ0) is 21.9. The van der Waals surface area contributed by atoms with Crippen molar-refractivity contribution in [3.63, 3.8) is 0 Å². The van der Waals surface area contributed by atoms with E-state index >= 15 is 0 Å². The molecule has 2 aromatic rings. The highest BCUT2D eigenvalue weighted by atomic mass is 16.7. The fraction of sp³-hybridized carbons (Fsp3) is 0.520. The molecule has 0 amide bonds. The van der Waals surface area contributed by atoms with E-state index in [0.29, 0.717) is 0 Å². The molecule has 1 saturated heterocycles. The zero-order valence-corrected chi connectivity index (χ0v) is 19.6. The first-order chi connectivity index (χ1) is 13.9. The molecule has 0 unspecified atom stereocenters. The third kappa shape index (κ3) is 3.52. The minimum Gasteiger partial charge on any atom is -0.497 e. The maximum Gasteiger partial charge on any atom is 0.496 e. The fourth-order valence-corrected chi connectivity index (χ4v) is 4.55. The minimum atomic E-state index is -0.365. The van der Waals surface area contributed by atoms with Crippen LogP contribution in [0.1, 0.15) is 58.2 Å². The maximum absolute atomic E-state index is 6.46. The van der Waals surface area contributed by atoms with Gasteiger partial charge >= 0.3 is 7.12 Å². The van der Waals surface area contributed by atoms with E-state index in [1.807, 2.05) is 12.1 Å². The number of rotatable bonds is 4. The van der Waals surface area contributed by atoms with Crippen molar-refractivity contribution in [3.05, 3.63) is 53.1 Å². The Morgan fingerprint density at radius 2 is 1.57 bits per heavy atom. The second kappa shape index (κ2) is 7.03. The van der Waals surface area contributed by atoms with E-state index in [9.17, 15) is 0 Å². The Kier molecular flexibility index (Phi) is 4.98. The van der Waals surface area contributed by atoms with Crippen LogP contribution in [0.2, 0.25) is 0 Å². The molecule has 2 heterocycles. The lowest BCUT2D eigenvalue weighted by atomic mass is 9.74. The van der Waals surface area contributed by atoms with Crippen molar-refractivity contribution in [1.29, 1.82) is 0 Å². The smallest absolute Gasteiger partial charge is 0.496 e. The molecule has 0 saturated carbocycles. The number of nitrogens with zero attached hydrogens (tertiary/aromatic N) is 1. The predicted molar refractivity (Wildman–Crippen MR) is 124 cm³/mol. The van der Waals surface area contributed by atoms with E-state index in [0.717, 1.165) is 24.3 Å². The molecule has 2 aromatic carbocycles. The molecule has 2 aliphatic heterocycles. The molecule has 0 N–H and O–H groups in total. The summed E-state index contributed by atoms with van der Waals surface area (Å²) in [5.41, 5.74) is 5.64. The lowest BCUT2D eigenvalue weighted by molar-refractivity contribution is 0.00578. The molecule has 0 atom stereocenters. The molecule has 4 nitrogen and oxygen atoms in total. The Morgan fingerprint density at radius 3 is 2.13 bits per heavy atom. The first kappa shape index (κ1) is 21.3. The van der Waals surface area contributed by atoms with Crippen LogP contribution in [0.3, 0.4) is 0 Å². The number of methoxy groups -OCH3 is 1. The van der Waals surface area contributed by atoms with Crippen molar-refractivity contribution in [2.45, 2.75) is 71.6 Å². The Morgan fingerprint density at radius 1 is 0.967 bits per heavy atom. The maximum atomic E-state index is 6.46. The van der Waals surface area contributed by atoms with Gasteiger partial charge in [0.15, 0.2) is 0 Å². The second-order valence-electron chi connectivity index (χ2n) is 10.4. The van der Waals surface area contributed by atoms with Crippen LogP contribution in [-0.4, -0.2) is 32.0 Å². The average molecular weight is 407 g/mol. The number of aryl methyl sites for hydroxylation is 1. The van der Waals surface area contributed by atoms with Crippen LogP contribution in [0.25, 0.3) is 0 Å². The third-order valence-corrected chi connectivity index (χ3v) is 6.95. The van der Waals surface area contributed by atoms with E-state index in [2.05, 4.69) is 77.6 Å². The van der Waals surface area contributed by atoms with Crippen molar-refractivity contribution in [1.82, 2.24) is 0 Å². The largest absolute Gasteiger partial charge is 0.497 e. The molecule has 4 rings (SSSR count). The van der Waals surface area contributed by atoms with Crippen LogP contribution in [0.4, 0.5) is 5.69 Å². The summed E-state index contributed by atoms with van der Waals surface area (Å²) in [5.74, 6) is 0.884. The van der Waals surface area contributed by atoms with Gasteiger partial charge in [-0.05, 0) is 57.9 Å². The van der Waals surface area contributed by atoms with E-state index < -0.39 is 0 Å². The normalized spacial score (nSPS) is 21.1. The Balaban J connectivity index is 1.75. The zero-order valence-electron chi connectivity index (χ0n) is 19.6.